The molecule has 3 nitrogen and oxygen atoms in total. The Labute approximate surface area is 49.1 Å². The van der Waals surface area contributed by atoms with Crippen LogP contribution in [0.1, 0.15) is 0 Å². The Morgan fingerprint density at radius 1 is 1.40 bits per heavy atom. The van der Waals surface area contributed by atoms with Gasteiger partial charge in [-0.25, -0.2) is 0 Å². The summed E-state index contributed by atoms with van der Waals surface area (Å²) in [6.07, 6.45) is 0. The van der Waals surface area contributed by atoms with Crippen LogP contribution in [-0.4, -0.2) is 36.0 Å². The van der Waals surface area contributed by atoms with Gasteiger partial charge in [0.15, 0.2) is 0 Å². The molecule has 0 unspecified atom stereocenters. The molecule has 0 aromatic heterocycles. The molecule has 0 rings (SSSR count). The first-order valence-electron chi connectivity index (χ1n) is 0.651. The van der Waals surface area contributed by atoms with Crippen molar-refractivity contribution in [2.24, 2.45) is 0 Å². The van der Waals surface area contributed by atoms with Crippen molar-refractivity contribution in [2.45, 2.75) is 0 Å². The van der Waals surface area contributed by atoms with Crippen LogP contribution in [0.3, 0.4) is 0 Å². The van der Waals surface area contributed by atoms with E-state index >= 15 is 0 Å². The average Bonchev–Trinajstić information content (AvgIpc) is 0.811. The monoisotopic (exact) mass is 292 g/mol. The molecule has 5 heteroatoms. The van der Waals surface area contributed by atoms with E-state index in [2.05, 4.69) is 0 Å². The second-order valence-corrected chi connectivity index (χ2v) is 0.848. The minimum absolute atomic E-state index is 0. The summed E-state index contributed by atoms with van der Waals surface area (Å²) < 4.78 is 8.74. The summed E-state index contributed by atoms with van der Waals surface area (Å²) in [6.45, 7) is 0. The molecule has 0 aromatic carbocycles. The van der Waals surface area contributed by atoms with Gasteiger partial charge in [-0.2, -0.15) is 0 Å². The third-order valence-electron chi connectivity index (χ3n) is 0. The van der Waals surface area contributed by atoms with E-state index in [1.807, 2.05) is 0 Å². The molecule has 0 heterocycles. The first-order chi connectivity index (χ1) is 1.73. The molecular weight excluding hydrogens is 288 g/mol. The van der Waals surface area contributed by atoms with Crippen molar-refractivity contribution < 1.29 is 14.4 Å². The standard InChI is InChI=1S/Bi.H3O3P.H/c;1-4(2)3;/h;4H,(H2,1,2,3);. The topological polar surface area (TPSA) is 57.5 Å². The predicted octanol–water partition coefficient (Wildman–Crippen LogP) is -1.29. The minimum atomic E-state index is -3.13. The van der Waals surface area contributed by atoms with Gasteiger partial charge in [0.1, 0.15) is 0 Å². The number of hydrogen-bond donors (Lipinski definition) is 2. The van der Waals surface area contributed by atoms with Gasteiger partial charge in [-0.3, -0.25) is 4.57 Å². The normalized spacial score (nSPS) is 7.00. The van der Waals surface area contributed by atoms with Crippen molar-refractivity contribution in [3.8, 4) is 0 Å². The van der Waals surface area contributed by atoms with Crippen molar-refractivity contribution in [3.63, 3.8) is 0 Å². The molecule has 0 aliphatic rings. The van der Waals surface area contributed by atoms with Gasteiger partial charge in [-0.15, -0.1) is 0 Å². The zero-order valence-electron chi connectivity index (χ0n) is 2.30. The van der Waals surface area contributed by atoms with E-state index in [-0.39, 0.29) is 26.2 Å². The maximum atomic E-state index is 8.74. The Morgan fingerprint density at radius 2 is 1.40 bits per heavy atom. The van der Waals surface area contributed by atoms with Crippen molar-refractivity contribution in [1.29, 1.82) is 0 Å². The van der Waals surface area contributed by atoms with E-state index in [9.17, 15) is 0 Å². The maximum absolute atomic E-state index is 8.74. The summed E-state index contributed by atoms with van der Waals surface area (Å²) >= 11 is 0. The van der Waals surface area contributed by atoms with Crippen LogP contribution in [0.5, 0.6) is 0 Å². The summed E-state index contributed by atoms with van der Waals surface area (Å²) in [6, 6.07) is 0. The second kappa shape index (κ2) is 5.03. The van der Waals surface area contributed by atoms with Gasteiger partial charge in [0.05, 0.1) is 0 Å². The van der Waals surface area contributed by atoms with Gasteiger partial charge in [-0.1, -0.05) is 0 Å². The van der Waals surface area contributed by atoms with Crippen molar-refractivity contribution in [1.82, 2.24) is 0 Å². The molecule has 32 valence electrons. The van der Waals surface area contributed by atoms with Gasteiger partial charge in [0.2, 0.25) is 0 Å². The summed E-state index contributed by atoms with van der Waals surface area (Å²) in [7, 11) is -3.13. The molecule has 0 atom stereocenters. The number of rotatable bonds is 0. The molecule has 0 bridgehead atoms. The molecule has 0 aliphatic heterocycles. The summed E-state index contributed by atoms with van der Waals surface area (Å²) in [5.74, 6) is 0. The van der Waals surface area contributed by atoms with E-state index in [0.717, 1.165) is 0 Å². The van der Waals surface area contributed by atoms with Crippen LogP contribution >= 0.6 is 8.25 Å². The molecule has 0 saturated carbocycles. The molecular formula is H4BiO3P. The molecule has 0 amide bonds. The quantitative estimate of drug-likeness (QED) is 0.431. The third kappa shape index (κ3) is 43.4. The molecule has 5 heavy (non-hydrogen) atoms. The van der Waals surface area contributed by atoms with Gasteiger partial charge in [0.25, 0.3) is 0 Å². The van der Waals surface area contributed by atoms with E-state index < -0.39 is 8.25 Å². The summed E-state index contributed by atoms with van der Waals surface area (Å²) in [5, 5.41) is 0. The Balaban J connectivity index is 0. The van der Waals surface area contributed by atoms with Crippen LogP contribution in [0.15, 0.2) is 0 Å². The van der Waals surface area contributed by atoms with E-state index in [0.29, 0.717) is 0 Å². The third-order valence-corrected chi connectivity index (χ3v) is 0. The Morgan fingerprint density at radius 3 is 1.40 bits per heavy atom. The SMILES string of the molecule is O=[PH](O)O.[BiH]. The van der Waals surface area contributed by atoms with E-state index in [4.69, 9.17) is 14.4 Å². The van der Waals surface area contributed by atoms with Crippen molar-refractivity contribution in [3.05, 3.63) is 0 Å². The second-order valence-electron chi connectivity index (χ2n) is 0.283. The Bertz CT molecular complexity index is 29.9. The van der Waals surface area contributed by atoms with Crippen molar-refractivity contribution >= 4 is 34.5 Å². The van der Waals surface area contributed by atoms with Crippen molar-refractivity contribution in [2.75, 3.05) is 0 Å². The van der Waals surface area contributed by atoms with Gasteiger partial charge >= 0.3 is 34.5 Å². The van der Waals surface area contributed by atoms with Crippen LogP contribution in [0, 0.1) is 0 Å². The summed E-state index contributed by atoms with van der Waals surface area (Å²) in [5.41, 5.74) is 0. The first-order valence-corrected chi connectivity index (χ1v) is 1.95. The van der Waals surface area contributed by atoms with Gasteiger partial charge in [0, 0.05) is 0 Å². The fraction of sp³-hybridized carbons (Fsp3) is 0. The Hall–Kier alpha value is 1.03. The van der Waals surface area contributed by atoms with Crippen LogP contribution in [0.2, 0.25) is 0 Å². The Kier molecular flexibility index (Phi) is 9.46. The van der Waals surface area contributed by atoms with Gasteiger partial charge < -0.3 is 9.79 Å². The fourth-order valence-corrected chi connectivity index (χ4v) is 0. The van der Waals surface area contributed by atoms with E-state index in [1.54, 1.807) is 0 Å². The van der Waals surface area contributed by atoms with E-state index in [1.165, 1.54) is 0 Å². The molecule has 0 aliphatic carbocycles. The first kappa shape index (κ1) is 9.40. The zero-order valence-corrected chi connectivity index (χ0v) is 7.19. The van der Waals surface area contributed by atoms with Crippen LogP contribution in [0.4, 0.5) is 0 Å². The molecule has 0 spiro atoms. The molecule has 2 N–H and O–H groups in total. The average molecular weight is 292 g/mol. The number of hydrogen-bond acceptors (Lipinski definition) is 1. The van der Waals surface area contributed by atoms with Gasteiger partial charge in [-0.05, 0) is 0 Å². The van der Waals surface area contributed by atoms with Crippen LogP contribution < -0.4 is 0 Å². The molecule has 0 aromatic rings. The summed E-state index contributed by atoms with van der Waals surface area (Å²) in [4.78, 5) is 14.3. The zero-order chi connectivity index (χ0) is 3.58. The predicted molar refractivity (Wildman–Crippen MR) is 20.6 cm³/mol. The van der Waals surface area contributed by atoms with Crippen LogP contribution in [0.25, 0.3) is 0 Å². The fourth-order valence-electron chi connectivity index (χ4n) is 0. The molecule has 0 saturated heterocycles. The van der Waals surface area contributed by atoms with Crippen LogP contribution in [-0.2, 0) is 4.57 Å². The molecule has 0 fully saturated rings. The molecule has 2 radical (unpaired) electrons.